The Bertz CT molecular complexity index is 1150. The van der Waals surface area contributed by atoms with E-state index in [0.29, 0.717) is 5.56 Å². The number of primary amides is 1. The molecule has 0 bridgehead atoms. The fourth-order valence-electron chi connectivity index (χ4n) is 5.75. The number of carbonyl (C=O) groups excluding carboxylic acids is 3. The minimum Gasteiger partial charge on any atom is -0.508 e. The second-order valence-electron chi connectivity index (χ2n) is 9.17. The van der Waals surface area contributed by atoms with Crippen LogP contribution in [0, 0.1) is 11.8 Å². The second-order valence-corrected chi connectivity index (χ2v) is 9.17. The van der Waals surface area contributed by atoms with Gasteiger partial charge in [-0.15, -0.1) is 0 Å². The van der Waals surface area contributed by atoms with Crippen molar-refractivity contribution in [2.24, 2.45) is 17.6 Å². The third-order valence-corrected chi connectivity index (χ3v) is 7.20. The van der Waals surface area contributed by atoms with E-state index in [4.69, 9.17) is 5.73 Å². The molecule has 33 heavy (non-hydrogen) atoms. The van der Waals surface area contributed by atoms with Gasteiger partial charge in [-0.2, -0.15) is 0 Å². The van der Waals surface area contributed by atoms with Gasteiger partial charge in [0.15, 0.2) is 11.4 Å². The summed E-state index contributed by atoms with van der Waals surface area (Å²) in [5.41, 5.74) is 2.01. The lowest BCUT2D eigenvalue weighted by Crippen LogP contribution is -2.70. The Morgan fingerprint density at radius 1 is 1.18 bits per heavy atom. The number of aliphatic hydroxyl groups excluding tert-OH is 3. The zero-order valence-electron chi connectivity index (χ0n) is 18.3. The number of phenolic OH excluding ortho intramolecular Hbond substituents is 1. The zero-order valence-corrected chi connectivity index (χ0v) is 18.3. The summed E-state index contributed by atoms with van der Waals surface area (Å²) in [7, 11) is 3.01. The average Bonchev–Trinajstić information content (AvgIpc) is 2.73. The molecule has 3 aliphatic rings. The molecule has 0 aliphatic heterocycles. The molecule has 0 heterocycles. The van der Waals surface area contributed by atoms with Crippen molar-refractivity contribution in [2.75, 3.05) is 14.1 Å². The highest BCUT2D eigenvalue weighted by Gasteiger charge is 2.67. The van der Waals surface area contributed by atoms with Crippen LogP contribution in [0.2, 0.25) is 0 Å². The number of fused-ring (bicyclic) bond motifs is 3. The molecule has 3 aliphatic carbocycles. The number of phenols is 1. The molecule has 0 radical (unpaired) electrons. The molecule has 0 spiro atoms. The fraction of sp³-hybridized carbons (Fsp3) is 0.435. The van der Waals surface area contributed by atoms with Crippen LogP contribution < -0.4 is 5.73 Å². The van der Waals surface area contributed by atoms with Crippen LogP contribution in [0.25, 0.3) is 5.76 Å². The first-order chi connectivity index (χ1) is 15.3. The van der Waals surface area contributed by atoms with Crippen molar-refractivity contribution >= 4 is 23.2 Å². The van der Waals surface area contributed by atoms with Gasteiger partial charge in [0.1, 0.15) is 17.3 Å². The summed E-state index contributed by atoms with van der Waals surface area (Å²) in [5.74, 6) is -7.90. The van der Waals surface area contributed by atoms with E-state index in [2.05, 4.69) is 0 Å². The largest absolute Gasteiger partial charge is 0.508 e. The van der Waals surface area contributed by atoms with E-state index < -0.39 is 76.5 Å². The Hall–Kier alpha value is -3.21. The quantitative estimate of drug-likeness (QED) is 0.360. The third-order valence-electron chi connectivity index (χ3n) is 7.20. The number of hydrogen-bond donors (Lipinski definition) is 6. The Morgan fingerprint density at radius 3 is 2.39 bits per heavy atom. The summed E-state index contributed by atoms with van der Waals surface area (Å²) in [4.78, 5) is 39.9. The van der Waals surface area contributed by atoms with E-state index in [1.54, 1.807) is 19.1 Å². The number of amides is 1. The Morgan fingerprint density at radius 2 is 1.82 bits per heavy atom. The number of aliphatic hydroxyl groups is 4. The first kappa shape index (κ1) is 23.0. The lowest BCUT2D eigenvalue weighted by Gasteiger charge is -2.54. The molecule has 1 amide bonds. The van der Waals surface area contributed by atoms with Gasteiger partial charge >= 0.3 is 0 Å². The second kappa shape index (κ2) is 7.41. The number of nitrogens with two attached hydrogens (primary N) is 1. The van der Waals surface area contributed by atoms with E-state index in [1.807, 2.05) is 0 Å². The molecule has 1 aromatic rings. The van der Waals surface area contributed by atoms with Gasteiger partial charge in [-0.05, 0) is 31.6 Å². The summed E-state index contributed by atoms with van der Waals surface area (Å²) in [6, 6.07) is 3.27. The average molecular weight is 458 g/mol. The van der Waals surface area contributed by atoms with E-state index in [1.165, 1.54) is 25.1 Å². The minimum atomic E-state index is -2.80. The molecule has 0 unspecified atom stereocenters. The number of rotatable bonds is 3. The van der Waals surface area contributed by atoms with Gasteiger partial charge < -0.3 is 31.3 Å². The van der Waals surface area contributed by atoms with Crippen molar-refractivity contribution in [1.29, 1.82) is 0 Å². The van der Waals surface area contributed by atoms with Gasteiger partial charge in [0.25, 0.3) is 0 Å². The summed E-state index contributed by atoms with van der Waals surface area (Å²) in [5, 5.41) is 55.3. The van der Waals surface area contributed by atoms with E-state index in [0.717, 1.165) is 0 Å². The summed E-state index contributed by atoms with van der Waals surface area (Å²) in [6.07, 6.45) is -2.27. The maximum Gasteiger partial charge on any atom is 0.222 e. The topological polar surface area (TPSA) is 182 Å². The van der Waals surface area contributed by atoms with Crippen LogP contribution in [0.4, 0.5) is 0 Å². The van der Waals surface area contributed by atoms with Crippen molar-refractivity contribution in [3.8, 4) is 5.75 Å². The van der Waals surface area contributed by atoms with Gasteiger partial charge in [0, 0.05) is 17.1 Å². The highest BCUT2D eigenvalue weighted by atomic mass is 16.4. The van der Waals surface area contributed by atoms with Crippen LogP contribution in [0.5, 0.6) is 5.75 Å². The van der Waals surface area contributed by atoms with Crippen molar-refractivity contribution < 1.29 is 39.9 Å². The van der Waals surface area contributed by atoms with Crippen LogP contribution in [0.3, 0.4) is 0 Å². The number of likely N-dealkylation sites (N-methyl/N-ethyl adjacent to an activating group) is 1. The lowest BCUT2D eigenvalue weighted by atomic mass is 9.54. The highest BCUT2D eigenvalue weighted by Crippen LogP contribution is 2.56. The molecule has 10 nitrogen and oxygen atoms in total. The first-order valence-corrected chi connectivity index (χ1v) is 10.5. The SMILES string of the molecule is C[C@H]1c2cccc(O)c2C(O)=C2C(=O)[C@]3(O)C(O)=C(CC(N)=O)C(=O)[C@@H](N(C)C)[C@@H]3[C@@H](O)[C@@H]21. The van der Waals surface area contributed by atoms with E-state index >= 15 is 0 Å². The summed E-state index contributed by atoms with van der Waals surface area (Å²) >= 11 is 0. The molecule has 10 heteroatoms. The predicted octanol–water partition coefficient (Wildman–Crippen LogP) is -0.114. The van der Waals surface area contributed by atoms with Crippen molar-refractivity contribution in [3.05, 3.63) is 46.2 Å². The number of carbonyl (C=O) groups is 3. The van der Waals surface area contributed by atoms with Crippen LogP contribution in [0.15, 0.2) is 35.1 Å². The standard InChI is InChI=1S/C23H26N2O8/c1-8-9-5-4-6-11(26)14(9)19(29)15-13(8)20(30)16-17(25(2)3)18(28)10(7-12(24)27)21(31)23(16,33)22(15)32/h4-6,8,13,16-17,20,26,29-31,33H,7H2,1-3H3,(H2,24,27)/t8-,13+,16+,17-,20-,23+/m0/s1. The maximum atomic E-state index is 13.8. The van der Waals surface area contributed by atoms with Crippen molar-refractivity contribution in [1.82, 2.24) is 4.90 Å². The predicted molar refractivity (Wildman–Crippen MR) is 115 cm³/mol. The molecule has 6 atom stereocenters. The summed E-state index contributed by atoms with van der Waals surface area (Å²) < 4.78 is 0. The number of Topliss-reactive ketones (excluding diaryl/α,β-unsaturated/α-hetero) is 2. The highest BCUT2D eigenvalue weighted by molar-refractivity contribution is 6.15. The normalized spacial score (nSPS) is 33.7. The van der Waals surface area contributed by atoms with Crippen LogP contribution in [-0.2, 0) is 14.4 Å². The van der Waals surface area contributed by atoms with Gasteiger partial charge in [0.2, 0.25) is 11.7 Å². The smallest absolute Gasteiger partial charge is 0.222 e. The van der Waals surface area contributed by atoms with Crippen LogP contribution in [-0.4, -0.2) is 79.7 Å². The first-order valence-electron chi connectivity index (χ1n) is 10.5. The maximum absolute atomic E-state index is 13.8. The molecule has 4 rings (SSSR count). The fourth-order valence-corrected chi connectivity index (χ4v) is 5.75. The number of ketones is 2. The molecular formula is C23H26N2O8. The van der Waals surface area contributed by atoms with Gasteiger partial charge in [-0.25, -0.2) is 0 Å². The van der Waals surface area contributed by atoms with Crippen molar-refractivity contribution in [2.45, 2.75) is 37.0 Å². The molecule has 1 fully saturated rings. The number of hydrogen-bond acceptors (Lipinski definition) is 9. The van der Waals surface area contributed by atoms with E-state index in [-0.39, 0.29) is 16.9 Å². The number of benzene rings is 1. The molecular weight excluding hydrogens is 432 g/mol. The van der Waals surface area contributed by atoms with Crippen LogP contribution >= 0.6 is 0 Å². The zero-order chi connectivity index (χ0) is 24.6. The van der Waals surface area contributed by atoms with Crippen molar-refractivity contribution in [3.63, 3.8) is 0 Å². The molecule has 1 saturated carbocycles. The molecule has 176 valence electrons. The van der Waals surface area contributed by atoms with Crippen LogP contribution in [0.1, 0.15) is 30.4 Å². The van der Waals surface area contributed by atoms with Gasteiger partial charge in [-0.1, -0.05) is 19.1 Å². The van der Waals surface area contributed by atoms with Gasteiger partial charge in [-0.3, -0.25) is 19.3 Å². The van der Waals surface area contributed by atoms with Gasteiger partial charge in [0.05, 0.1) is 30.0 Å². The monoisotopic (exact) mass is 458 g/mol. The Balaban J connectivity index is 2.04. The third kappa shape index (κ3) is 2.87. The Labute approximate surface area is 189 Å². The lowest BCUT2D eigenvalue weighted by molar-refractivity contribution is -0.169. The molecule has 7 N–H and O–H groups in total. The molecule has 0 saturated heterocycles. The Kier molecular flexibility index (Phi) is 5.15. The minimum absolute atomic E-state index is 0.00396. The summed E-state index contributed by atoms with van der Waals surface area (Å²) in [6.45, 7) is 1.69. The molecule has 1 aromatic carbocycles. The number of nitrogens with zero attached hydrogens (tertiary/aromatic N) is 1. The molecule has 0 aromatic heterocycles. The van der Waals surface area contributed by atoms with E-state index in [9.17, 15) is 39.9 Å². The number of aromatic hydroxyl groups is 1.